The van der Waals surface area contributed by atoms with Gasteiger partial charge in [0.15, 0.2) is 0 Å². The van der Waals surface area contributed by atoms with E-state index in [1.807, 2.05) is 13.8 Å². The largest absolute Gasteiger partial charge is 0.453 e. The van der Waals surface area contributed by atoms with Crippen molar-refractivity contribution in [2.24, 2.45) is 28.2 Å². The lowest BCUT2D eigenvalue weighted by molar-refractivity contribution is -0.137. The van der Waals surface area contributed by atoms with Gasteiger partial charge in [-0.15, -0.1) is 6.58 Å². The Balaban J connectivity index is 1.97. The zero-order chi connectivity index (χ0) is 28.7. The molecule has 2 amide bonds. The molecule has 218 valence electrons. The van der Waals surface area contributed by atoms with Gasteiger partial charge in [0.2, 0.25) is 5.91 Å². The van der Waals surface area contributed by atoms with Gasteiger partial charge in [0.05, 0.1) is 19.7 Å². The molecule has 0 aromatic carbocycles. The first-order valence-electron chi connectivity index (χ1n) is 15.0. The van der Waals surface area contributed by atoms with Crippen LogP contribution in [0.2, 0.25) is 0 Å². The number of fused-ring (bicyclic) bond motifs is 1. The maximum Gasteiger partial charge on any atom is 0.407 e. The zero-order valence-electron chi connectivity index (χ0n) is 25.2. The Morgan fingerprint density at radius 2 is 1.92 bits per heavy atom. The summed E-state index contributed by atoms with van der Waals surface area (Å²) in [7, 11) is 1.33. The van der Waals surface area contributed by atoms with Crippen LogP contribution >= 0.6 is 0 Å². The second-order valence-electron chi connectivity index (χ2n) is 12.5. The van der Waals surface area contributed by atoms with Gasteiger partial charge in [0, 0.05) is 17.5 Å². The minimum atomic E-state index is -0.657. The third-order valence-electron chi connectivity index (χ3n) is 9.61. The predicted molar refractivity (Wildman–Crippen MR) is 160 cm³/mol. The quantitative estimate of drug-likeness (QED) is 0.224. The van der Waals surface area contributed by atoms with Crippen LogP contribution in [0.1, 0.15) is 86.0 Å². The number of carbonyl (C=O) groups excluding carboxylic acids is 2. The average molecular weight is 541 g/mol. The third-order valence-corrected chi connectivity index (χ3v) is 9.61. The highest BCUT2D eigenvalue weighted by atomic mass is 16.5. The fraction of sp³-hybridized carbons (Fsp3) is 0.719. The van der Waals surface area contributed by atoms with Crippen LogP contribution in [0.5, 0.6) is 0 Å². The molecule has 7 heteroatoms. The SMILES string of the molecule is C=CCN=C(NC(C)[C@@]1(C)/C=C\C(=C)CCC[C@H]1C)[C@@H]1C[C@@H]2CCCC[C@@H]2N1C(=O)[C@@H](NC(=O)OC)C(C)C. The third kappa shape index (κ3) is 7.15. The van der Waals surface area contributed by atoms with Crippen molar-refractivity contribution in [2.45, 2.75) is 110 Å². The maximum absolute atomic E-state index is 14.2. The highest BCUT2D eigenvalue weighted by Gasteiger charge is 2.49. The van der Waals surface area contributed by atoms with E-state index in [-0.39, 0.29) is 35.4 Å². The number of nitrogens with one attached hydrogen (secondary N) is 2. The van der Waals surface area contributed by atoms with E-state index in [4.69, 9.17) is 9.73 Å². The summed E-state index contributed by atoms with van der Waals surface area (Å²) in [6.45, 7) is 19.4. The van der Waals surface area contributed by atoms with Gasteiger partial charge in [-0.1, -0.05) is 70.9 Å². The molecule has 7 atom stereocenters. The van der Waals surface area contributed by atoms with Gasteiger partial charge in [-0.3, -0.25) is 9.79 Å². The first kappa shape index (κ1) is 31.0. The van der Waals surface area contributed by atoms with E-state index in [2.05, 4.69) is 61.6 Å². The van der Waals surface area contributed by atoms with Gasteiger partial charge in [0.1, 0.15) is 11.9 Å². The number of rotatable bonds is 8. The van der Waals surface area contributed by atoms with Crippen molar-refractivity contribution in [3.63, 3.8) is 0 Å². The van der Waals surface area contributed by atoms with Crippen LogP contribution in [0.3, 0.4) is 0 Å². The number of carbonyl (C=O) groups is 2. The molecule has 1 aliphatic heterocycles. The number of likely N-dealkylation sites (tertiary alicyclic amines) is 1. The van der Waals surface area contributed by atoms with Gasteiger partial charge in [0.25, 0.3) is 0 Å². The molecular weight excluding hydrogens is 488 g/mol. The van der Waals surface area contributed by atoms with E-state index in [0.717, 1.165) is 50.8 Å². The van der Waals surface area contributed by atoms with Crippen molar-refractivity contribution in [1.29, 1.82) is 0 Å². The lowest BCUT2D eigenvalue weighted by Gasteiger charge is -2.42. The van der Waals surface area contributed by atoms with E-state index >= 15 is 0 Å². The smallest absolute Gasteiger partial charge is 0.407 e. The van der Waals surface area contributed by atoms with Crippen LogP contribution in [0.15, 0.2) is 42.0 Å². The van der Waals surface area contributed by atoms with E-state index in [9.17, 15) is 9.59 Å². The average Bonchev–Trinajstić information content (AvgIpc) is 3.30. The Kier molecular flexibility index (Phi) is 10.9. The van der Waals surface area contributed by atoms with Gasteiger partial charge < -0.3 is 20.3 Å². The summed E-state index contributed by atoms with van der Waals surface area (Å²) in [5, 5.41) is 6.64. The Hall–Kier alpha value is -2.57. The van der Waals surface area contributed by atoms with E-state index in [1.54, 1.807) is 6.08 Å². The Labute approximate surface area is 236 Å². The number of aliphatic imine (C=N–C) groups is 1. The Morgan fingerprint density at radius 3 is 2.59 bits per heavy atom. The number of alkyl carbamates (subject to hydrolysis) is 1. The maximum atomic E-state index is 14.2. The molecule has 3 rings (SSSR count). The number of amides is 2. The van der Waals surface area contributed by atoms with Crippen LogP contribution in [0.4, 0.5) is 4.79 Å². The second-order valence-corrected chi connectivity index (χ2v) is 12.5. The minimum absolute atomic E-state index is 0.0442. The van der Waals surface area contributed by atoms with Gasteiger partial charge >= 0.3 is 6.09 Å². The summed E-state index contributed by atoms with van der Waals surface area (Å²) in [4.78, 5) is 33.5. The molecule has 1 unspecified atom stereocenters. The number of ether oxygens (including phenoxy) is 1. The molecule has 1 saturated heterocycles. The van der Waals surface area contributed by atoms with Crippen molar-refractivity contribution in [3.8, 4) is 0 Å². The van der Waals surface area contributed by atoms with Crippen LogP contribution < -0.4 is 10.6 Å². The second kappa shape index (κ2) is 13.7. The summed E-state index contributed by atoms with van der Waals surface area (Å²) in [5.74, 6) is 1.64. The minimum Gasteiger partial charge on any atom is -0.453 e. The molecule has 0 spiro atoms. The summed E-state index contributed by atoms with van der Waals surface area (Å²) in [5.41, 5.74) is 1.07. The number of allylic oxidation sites excluding steroid dienone is 2. The fourth-order valence-electron chi connectivity index (χ4n) is 6.73. The molecular formula is C32H52N4O3. The molecule has 0 bridgehead atoms. The monoisotopic (exact) mass is 540 g/mol. The van der Waals surface area contributed by atoms with Crippen molar-refractivity contribution in [1.82, 2.24) is 15.5 Å². The Bertz CT molecular complexity index is 957. The standard InChI is InChI=1S/C32H52N4O3/c1-9-19-33-29(34-24(6)32(7)18-17-22(4)13-12-14-23(32)5)27-20-25-15-10-11-16-26(25)36(27)30(37)28(21(2)3)35-31(38)39-8/h9,17-18,21,23-28H,1,4,10-16,19-20H2,2-3,5-8H3,(H,33,34)(H,35,38)/b18-17-/t23-,24?,25+,26+,27+,28+,32+/m1/s1. The van der Waals surface area contributed by atoms with Crippen LogP contribution in [-0.4, -0.2) is 60.6 Å². The zero-order valence-corrected chi connectivity index (χ0v) is 25.2. The predicted octanol–water partition coefficient (Wildman–Crippen LogP) is 6.03. The first-order valence-corrected chi connectivity index (χ1v) is 15.0. The summed E-state index contributed by atoms with van der Waals surface area (Å²) < 4.78 is 4.86. The Morgan fingerprint density at radius 1 is 1.21 bits per heavy atom. The van der Waals surface area contributed by atoms with Crippen LogP contribution in [-0.2, 0) is 9.53 Å². The van der Waals surface area contributed by atoms with Gasteiger partial charge in [-0.2, -0.15) is 0 Å². The molecule has 2 fully saturated rings. The lowest BCUT2D eigenvalue weighted by Crippen LogP contribution is -2.59. The molecule has 0 radical (unpaired) electrons. The molecule has 1 saturated carbocycles. The molecule has 39 heavy (non-hydrogen) atoms. The lowest BCUT2D eigenvalue weighted by atomic mass is 9.69. The van der Waals surface area contributed by atoms with Crippen molar-refractivity contribution < 1.29 is 14.3 Å². The van der Waals surface area contributed by atoms with Gasteiger partial charge in [-0.25, -0.2) is 4.79 Å². The topological polar surface area (TPSA) is 83.0 Å². The molecule has 0 aromatic rings. The summed E-state index contributed by atoms with van der Waals surface area (Å²) in [6, 6.07) is -0.579. The molecule has 1 heterocycles. The number of nitrogens with zero attached hydrogens (tertiary/aromatic N) is 2. The van der Waals surface area contributed by atoms with Crippen LogP contribution in [0, 0.1) is 23.2 Å². The van der Waals surface area contributed by atoms with E-state index < -0.39 is 12.1 Å². The number of amidine groups is 1. The number of hydrogen-bond acceptors (Lipinski definition) is 4. The summed E-state index contributed by atoms with van der Waals surface area (Å²) in [6.07, 6.45) is 14.4. The van der Waals surface area contributed by atoms with E-state index in [1.165, 1.54) is 19.1 Å². The fourth-order valence-corrected chi connectivity index (χ4v) is 6.73. The molecule has 7 nitrogen and oxygen atoms in total. The highest BCUT2D eigenvalue weighted by molar-refractivity contribution is 5.95. The van der Waals surface area contributed by atoms with E-state index in [0.29, 0.717) is 18.4 Å². The number of hydrogen-bond donors (Lipinski definition) is 2. The van der Waals surface area contributed by atoms with Crippen molar-refractivity contribution >= 4 is 17.8 Å². The highest BCUT2D eigenvalue weighted by Crippen LogP contribution is 2.42. The molecule has 0 aromatic heterocycles. The normalized spacial score (nSPS) is 31.9. The van der Waals surface area contributed by atoms with Crippen molar-refractivity contribution in [3.05, 3.63) is 37.0 Å². The molecule has 2 N–H and O–H groups in total. The summed E-state index contributed by atoms with van der Waals surface area (Å²) >= 11 is 0. The van der Waals surface area contributed by atoms with Gasteiger partial charge in [-0.05, 0) is 63.2 Å². The number of methoxy groups -OCH3 is 1. The van der Waals surface area contributed by atoms with Crippen molar-refractivity contribution in [2.75, 3.05) is 13.7 Å². The molecule has 2 aliphatic carbocycles. The van der Waals surface area contributed by atoms with Crippen LogP contribution in [0.25, 0.3) is 0 Å². The molecule has 3 aliphatic rings. The first-order chi connectivity index (χ1) is 18.5.